The molecule has 0 spiro atoms. The Balaban J connectivity index is 2.06. The van der Waals surface area contributed by atoms with Gasteiger partial charge in [0.1, 0.15) is 0 Å². The minimum absolute atomic E-state index is 0.0773. The molecule has 2 aliphatic rings. The molecule has 3 heteroatoms. The van der Waals surface area contributed by atoms with Crippen LogP contribution in [0.3, 0.4) is 0 Å². The first-order chi connectivity index (χ1) is 6.29. The van der Waals surface area contributed by atoms with Crippen molar-refractivity contribution in [3.8, 4) is 0 Å². The number of piperidine rings is 1. The van der Waals surface area contributed by atoms with E-state index >= 15 is 0 Å². The highest BCUT2D eigenvalue weighted by Crippen LogP contribution is 2.35. The number of carboxylic acids is 1. The molecule has 3 atom stereocenters. The van der Waals surface area contributed by atoms with Gasteiger partial charge in [0.25, 0.3) is 0 Å². The predicted octanol–water partition coefficient (Wildman–Crippen LogP) is 1.24. The Hall–Kier alpha value is -0.570. The van der Waals surface area contributed by atoms with Crippen LogP contribution in [0.15, 0.2) is 0 Å². The molecule has 1 saturated carbocycles. The summed E-state index contributed by atoms with van der Waals surface area (Å²) in [5.41, 5.74) is 0. The molecule has 2 N–H and O–H groups in total. The van der Waals surface area contributed by atoms with Crippen LogP contribution in [-0.4, -0.2) is 23.7 Å². The molecule has 74 valence electrons. The van der Waals surface area contributed by atoms with Crippen molar-refractivity contribution in [1.29, 1.82) is 0 Å². The van der Waals surface area contributed by atoms with Crippen LogP contribution in [0.1, 0.15) is 32.1 Å². The first-order valence-electron chi connectivity index (χ1n) is 5.25. The molecule has 2 fully saturated rings. The van der Waals surface area contributed by atoms with Gasteiger partial charge < -0.3 is 10.4 Å². The Morgan fingerprint density at radius 1 is 1.23 bits per heavy atom. The number of aliphatic carboxylic acids is 1. The van der Waals surface area contributed by atoms with Crippen molar-refractivity contribution in [2.24, 2.45) is 11.8 Å². The zero-order valence-corrected chi connectivity index (χ0v) is 7.83. The van der Waals surface area contributed by atoms with Crippen molar-refractivity contribution in [3.63, 3.8) is 0 Å². The van der Waals surface area contributed by atoms with E-state index in [4.69, 9.17) is 5.11 Å². The molecule has 0 radical (unpaired) electrons. The zero-order valence-electron chi connectivity index (χ0n) is 7.83. The molecule has 2 rings (SSSR count). The fourth-order valence-electron chi connectivity index (χ4n) is 2.85. The smallest absolute Gasteiger partial charge is 0.306 e. The maximum absolute atomic E-state index is 11.0. The Labute approximate surface area is 78.5 Å². The van der Waals surface area contributed by atoms with Crippen molar-refractivity contribution in [1.82, 2.24) is 5.32 Å². The van der Waals surface area contributed by atoms with Crippen LogP contribution in [0.2, 0.25) is 0 Å². The largest absolute Gasteiger partial charge is 0.481 e. The number of carboxylic acid groups (broad SMARTS) is 1. The average Bonchev–Trinajstić information content (AvgIpc) is 2.17. The molecule has 0 aromatic heterocycles. The molecule has 1 aliphatic carbocycles. The molecule has 0 unspecified atom stereocenters. The maximum atomic E-state index is 11.0. The van der Waals surface area contributed by atoms with Crippen LogP contribution >= 0.6 is 0 Å². The second kappa shape index (κ2) is 3.66. The van der Waals surface area contributed by atoms with E-state index in [9.17, 15) is 4.79 Å². The van der Waals surface area contributed by atoms with Gasteiger partial charge in [-0.25, -0.2) is 0 Å². The first-order valence-corrected chi connectivity index (χ1v) is 5.25. The summed E-state index contributed by atoms with van der Waals surface area (Å²) in [5.74, 6) is -0.259. The van der Waals surface area contributed by atoms with E-state index < -0.39 is 5.97 Å². The number of fused-ring (bicyclic) bond motifs is 1. The third kappa shape index (κ3) is 1.70. The molecular weight excluding hydrogens is 166 g/mol. The van der Waals surface area contributed by atoms with Gasteiger partial charge in [-0.2, -0.15) is 0 Å². The van der Waals surface area contributed by atoms with Gasteiger partial charge in [-0.05, 0) is 38.1 Å². The van der Waals surface area contributed by atoms with Gasteiger partial charge in [-0.15, -0.1) is 0 Å². The van der Waals surface area contributed by atoms with Crippen molar-refractivity contribution in [2.75, 3.05) is 6.54 Å². The highest BCUT2D eigenvalue weighted by Gasteiger charge is 2.38. The number of rotatable bonds is 1. The van der Waals surface area contributed by atoms with Gasteiger partial charge in [0.15, 0.2) is 0 Å². The summed E-state index contributed by atoms with van der Waals surface area (Å²) in [6, 6.07) is 0.489. The maximum Gasteiger partial charge on any atom is 0.306 e. The minimum Gasteiger partial charge on any atom is -0.481 e. The van der Waals surface area contributed by atoms with Gasteiger partial charge in [-0.1, -0.05) is 6.42 Å². The lowest BCUT2D eigenvalue weighted by atomic mass is 9.72. The van der Waals surface area contributed by atoms with E-state index in [1.165, 1.54) is 6.42 Å². The standard InChI is InChI=1S/C10H17NO2/c12-10(13)8-3-1-5-9-7(8)4-2-6-11-9/h7-9,11H,1-6H2,(H,12,13)/t7-,8+,9+/m0/s1. The summed E-state index contributed by atoms with van der Waals surface area (Å²) in [6.45, 7) is 1.08. The average molecular weight is 183 g/mol. The van der Waals surface area contributed by atoms with Crippen molar-refractivity contribution < 1.29 is 9.90 Å². The number of hydrogen-bond acceptors (Lipinski definition) is 2. The van der Waals surface area contributed by atoms with E-state index in [1.54, 1.807) is 0 Å². The van der Waals surface area contributed by atoms with Gasteiger partial charge in [0, 0.05) is 6.04 Å². The Morgan fingerprint density at radius 3 is 2.85 bits per heavy atom. The molecule has 1 aliphatic heterocycles. The summed E-state index contributed by atoms with van der Waals surface area (Å²) >= 11 is 0. The second-order valence-electron chi connectivity index (χ2n) is 4.24. The monoisotopic (exact) mass is 183 g/mol. The molecule has 13 heavy (non-hydrogen) atoms. The molecule has 0 bridgehead atoms. The molecule has 0 aromatic rings. The lowest BCUT2D eigenvalue weighted by molar-refractivity contribution is -0.146. The van der Waals surface area contributed by atoms with E-state index in [0.717, 1.165) is 32.2 Å². The highest BCUT2D eigenvalue weighted by molar-refractivity contribution is 5.70. The summed E-state index contributed by atoms with van der Waals surface area (Å²) in [7, 11) is 0. The second-order valence-corrected chi connectivity index (χ2v) is 4.24. The van der Waals surface area contributed by atoms with Crippen molar-refractivity contribution in [2.45, 2.75) is 38.1 Å². The van der Waals surface area contributed by atoms with Crippen LogP contribution in [-0.2, 0) is 4.79 Å². The number of hydrogen-bond donors (Lipinski definition) is 2. The third-order valence-electron chi connectivity index (χ3n) is 3.50. The van der Waals surface area contributed by atoms with Crippen molar-refractivity contribution >= 4 is 5.97 Å². The van der Waals surface area contributed by atoms with E-state index in [0.29, 0.717) is 12.0 Å². The SMILES string of the molecule is O=C(O)[C@@H]1CCC[C@H]2NCCC[C@H]21. The van der Waals surface area contributed by atoms with E-state index in [1.807, 2.05) is 0 Å². The molecular formula is C10H17NO2. The Kier molecular flexibility index (Phi) is 2.54. The fourth-order valence-corrected chi connectivity index (χ4v) is 2.85. The molecule has 3 nitrogen and oxygen atoms in total. The van der Waals surface area contributed by atoms with Gasteiger partial charge in [-0.3, -0.25) is 4.79 Å². The number of carbonyl (C=O) groups is 1. The quantitative estimate of drug-likeness (QED) is 0.643. The summed E-state index contributed by atoms with van der Waals surface area (Å²) in [5, 5.41) is 12.5. The van der Waals surface area contributed by atoms with Crippen LogP contribution in [0.5, 0.6) is 0 Å². The summed E-state index contributed by atoms with van der Waals surface area (Å²) in [4.78, 5) is 11.0. The summed E-state index contributed by atoms with van der Waals surface area (Å²) in [6.07, 6.45) is 5.39. The van der Waals surface area contributed by atoms with Crippen molar-refractivity contribution in [3.05, 3.63) is 0 Å². The van der Waals surface area contributed by atoms with E-state index in [-0.39, 0.29) is 5.92 Å². The minimum atomic E-state index is -0.585. The van der Waals surface area contributed by atoms with Gasteiger partial charge in [0.05, 0.1) is 5.92 Å². The topological polar surface area (TPSA) is 49.3 Å². The van der Waals surface area contributed by atoms with Crippen LogP contribution in [0.4, 0.5) is 0 Å². The molecule has 1 saturated heterocycles. The third-order valence-corrected chi connectivity index (χ3v) is 3.50. The van der Waals surface area contributed by atoms with Crippen LogP contribution < -0.4 is 5.32 Å². The normalized spacial score (nSPS) is 39.5. The zero-order chi connectivity index (χ0) is 9.26. The Morgan fingerprint density at radius 2 is 2.08 bits per heavy atom. The fraction of sp³-hybridized carbons (Fsp3) is 0.900. The predicted molar refractivity (Wildman–Crippen MR) is 49.5 cm³/mol. The van der Waals surface area contributed by atoms with Crippen LogP contribution in [0.25, 0.3) is 0 Å². The molecule has 0 amide bonds. The molecule has 0 aromatic carbocycles. The number of nitrogens with one attached hydrogen (secondary N) is 1. The van der Waals surface area contributed by atoms with Gasteiger partial charge >= 0.3 is 5.97 Å². The van der Waals surface area contributed by atoms with Crippen LogP contribution in [0, 0.1) is 11.8 Å². The lowest BCUT2D eigenvalue weighted by Crippen LogP contribution is -2.48. The highest BCUT2D eigenvalue weighted by atomic mass is 16.4. The Bertz CT molecular complexity index is 203. The van der Waals surface area contributed by atoms with Gasteiger partial charge in [0.2, 0.25) is 0 Å². The van der Waals surface area contributed by atoms with E-state index in [2.05, 4.69) is 5.32 Å². The molecule has 1 heterocycles. The first kappa shape index (κ1) is 9.00. The lowest BCUT2D eigenvalue weighted by Gasteiger charge is -2.40. The summed E-state index contributed by atoms with van der Waals surface area (Å²) < 4.78 is 0.